The predicted molar refractivity (Wildman–Crippen MR) is 139 cm³/mol. The van der Waals surface area contributed by atoms with E-state index in [9.17, 15) is 18.0 Å². The molecular weight excluding hydrogens is 508 g/mol. The third kappa shape index (κ3) is 5.46. The molecule has 9 nitrogen and oxygen atoms in total. The van der Waals surface area contributed by atoms with Crippen LogP contribution in [0.2, 0.25) is 0 Å². The number of ether oxygens (including phenoxy) is 1. The van der Waals surface area contributed by atoms with E-state index in [1.807, 2.05) is 0 Å². The summed E-state index contributed by atoms with van der Waals surface area (Å²) >= 11 is 2.75. The van der Waals surface area contributed by atoms with Gasteiger partial charge in [0, 0.05) is 31.8 Å². The van der Waals surface area contributed by atoms with Gasteiger partial charge in [0.1, 0.15) is 4.83 Å². The Bertz CT molecular complexity index is 1410. The normalized spacial score (nSPS) is 13.8. The van der Waals surface area contributed by atoms with E-state index in [-0.39, 0.29) is 22.1 Å². The number of fused-ring (bicyclic) bond motifs is 3. The number of nitrogens with zero attached hydrogens (tertiary/aromatic N) is 3. The molecular formula is C23H28N4O5S3. The van der Waals surface area contributed by atoms with Gasteiger partial charge in [-0.2, -0.15) is 0 Å². The molecule has 0 bridgehead atoms. The van der Waals surface area contributed by atoms with Gasteiger partial charge in [-0.3, -0.25) is 14.2 Å². The number of methoxy groups -OCH3 is 1. The van der Waals surface area contributed by atoms with E-state index in [0.29, 0.717) is 29.4 Å². The van der Waals surface area contributed by atoms with Gasteiger partial charge in [-0.1, -0.05) is 17.8 Å². The number of anilines is 1. The molecule has 3 aromatic rings. The van der Waals surface area contributed by atoms with Crippen LogP contribution in [0.4, 0.5) is 5.69 Å². The number of thioether (sulfide) groups is 1. The van der Waals surface area contributed by atoms with Crippen LogP contribution in [0.1, 0.15) is 23.3 Å². The van der Waals surface area contributed by atoms with Crippen LogP contribution in [0.3, 0.4) is 0 Å². The SMILES string of the molecule is COCCn1c(SCC(=O)Nc2cccc(S(=O)(=O)N(C)C)c2)nc2sc3c(c2c1=O)CCCC3. The summed E-state index contributed by atoms with van der Waals surface area (Å²) in [5.74, 6) is -0.312. The molecule has 0 spiro atoms. The fraction of sp³-hybridized carbons (Fsp3) is 0.435. The molecule has 0 saturated carbocycles. The van der Waals surface area contributed by atoms with Gasteiger partial charge < -0.3 is 10.1 Å². The number of thiophene rings is 1. The number of carbonyl (C=O) groups excluding carboxylic acids is 1. The zero-order valence-electron chi connectivity index (χ0n) is 19.9. The number of rotatable bonds is 9. The van der Waals surface area contributed by atoms with Gasteiger partial charge in [-0.25, -0.2) is 17.7 Å². The highest BCUT2D eigenvalue weighted by Crippen LogP contribution is 2.34. The van der Waals surface area contributed by atoms with Crippen LogP contribution in [0, 0.1) is 0 Å². The van der Waals surface area contributed by atoms with Gasteiger partial charge >= 0.3 is 0 Å². The largest absolute Gasteiger partial charge is 0.383 e. The summed E-state index contributed by atoms with van der Waals surface area (Å²) in [5, 5.41) is 3.91. The molecule has 0 atom stereocenters. The first-order valence-electron chi connectivity index (χ1n) is 11.2. The lowest BCUT2D eigenvalue weighted by molar-refractivity contribution is -0.113. The molecule has 0 radical (unpaired) electrons. The van der Waals surface area contributed by atoms with Crippen molar-refractivity contribution in [2.45, 2.75) is 42.3 Å². The standard InChI is InChI=1S/C23H28N4O5S3/c1-26(2)35(30,31)16-8-6-7-15(13-16)24-19(28)14-33-23-25-21-20(22(29)27(23)11-12-32-3)17-9-4-5-10-18(17)34-21/h6-8,13H,4-5,9-12,14H2,1-3H3,(H,24,28). The third-order valence-corrected chi connectivity index (χ3v) is 9.76. The minimum atomic E-state index is -3.61. The lowest BCUT2D eigenvalue weighted by atomic mass is 9.97. The van der Waals surface area contributed by atoms with E-state index < -0.39 is 10.0 Å². The van der Waals surface area contributed by atoms with Crippen LogP contribution in [0.5, 0.6) is 0 Å². The Hall–Kier alpha value is -2.25. The average molecular weight is 537 g/mol. The highest BCUT2D eigenvalue weighted by atomic mass is 32.2. The Morgan fingerprint density at radius 2 is 2.06 bits per heavy atom. The first-order valence-corrected chi connectivity index (χ1v) is 14.5. The van der Waals surface area contributed by atoms with Crippen molar-refractivity contribution in [1.29, 1.82) is 0 Å². The van der Waals surface area contributed by atoms with Crippen molar-refractivity contribution in [3.05, 3.63) is 45.1 Å². The molecule has 0 unspecified atom stereocenters. The summed E-state index contributed by atoms with van der Waals surface area (Å²) in [6.07, 6.45) is 4.07. The number of carbonyl (C=O) groups is 1. The summed E-state index contributed by atoms with van der Waals surface area (Å²) < 4.78 is 32.7. The van der Waals surface area contributed by atoms with Crippen molar-refractivity contribution in [3.8, 4) is 0 Å². The van der Waals surface area contributed by atoms with Crippen molar-refractivity contribution in [3.63, 3.8) is 0 Å². The first-order chi connectivity index (χ1) is 16.7. The predicted octanol–water partition coefficient (Wildman–Crippen LogP) is 2.96. The van der Waals surface area contributed by atoms with Crippen LogP contribution in [0.25, 0.3) is 10.2 Å². The molecule has 12 heteroatoms. The van der Waals surface area contributed by atoms with Gasteiger partial charge in [0.25, 0.3) is 5.56 Å². The zero-order valence-corrected chi connectivity index (χ0v) is 22.3. The van der Waals surface area contributed by atoms with E-state index in [0.717, 1.165) is 40.4 Å². The van der Waals surface area contributed by atoms with Crippen molar-refractivity contribution in [1.82, 2.24) is 13.9 Å². The number of aromatic nitrogens is 2. The molecule has 0 aliphatic heterocycles. The van der Waals surface area contributed by atoms with Gasteiger partial charge in [-0.15, -0.1) is 11.3 Å². The summed E-state index contributed by atoms with van der Waals surface area (Å²) in [6, 6.07) is 6.11. The fourth-order valence-electron chi connectivity index (χ4n) is 3.98. The van der Waals surface area contributed by atoms with Crippen LogP contribution >= 0.6 is 23.1 Å². The lowest BCUT2D eigenvalue weighted by Crippen LogP contribution is -2.26. The monoisotopic (exact) mass is 536 g/mol. The van der Waals surface area contributed by atoms with E-state index in [1.165, 1.54) is 42.9 Å². The maximum atomic E-state index is 13.4. The molecule has 188 valence electrons. The first kappa shape index (κ1) is 25.8. The van der Waals surface area contributed by atoms with Crippen molar-refractivity contribution in [2.75, 3.05) is 38.9 Å². The lowest BCUT2D eigenvalue weighted by Gasteiger charge is -2.14. The number of benzene rings is 1. The fourth-order valence-corrected chi connectivity index (χ4v) is 7.06. The van der Waals surface area contributed by atoms with Crippen molar-refractivity contribution >= 4 is 54.9 Å². The minimum absolute atomic E-state index is 0.0146. The van der Waals surface area contributed by atoms with Crippen LogP contribution in [0.15, 0.2) is 39.1 Å². The van der Waals surface area contributed by atoms with Crippen LogP contribution in [-0.4, -0.2) is 61.7 Å². The minimum Gasteiger partial charge on any atom is -0.383 e. The molecule has 0 saturated heterocycles. The second kappa shape index (κ2) is 10.8. The highest BCUT2D eigenvalue weighted by molar-refractivity contribution is 7.99. The summed E-state index contributed by atoms with van der Waals surface area (Å²) in [7, 11) is 0.869. The summed E-state index contributed by atoms with van der Waals surface area (Å²) in [5.41, 5.74) is 1.42. The molecule has 1 N–H and O–H groups in total. The second-order valence-corrected chi connectivity index (χ2v) is 12.6. The smallest absolute Gasteiger partial charge is 0.263 e. The molecule has 4 rings (SSSR count). The number of aryl methyl sites for hydroxylation is 2. The molecule has 1 aliphatic rings. The molecule has 1 aliphatic carbocycles. The van der Waals surface area contributed by atoms with Gasteiger partial charge in [0.2, 0.25) is 15.9 Å². The maximum Gasteiger partial charge on any atom is 0.263 e. The highest BCUT2D eigenvalue weighted by Gasteiger charge is 2.23. The molecule has 2 aromatic heterocycles. The Balaban J connectivity index is 1.56. The van der Waals surface area contributed by atoms with Crippen molar-refractivity contribution in [2.24, 2.45) is 0 Å². The molecule has 1 amide bonds. The Morgan fingerprint density at radius 1 is 1.29 bits per heavy atom. The summed E-state index contributed by atoms with van der Waals surface area (Å²) in [6.45, 7) is 0.698. The number of amides is 1. The van der Waals surface area contributed by atoms with E-state index in [4.69, 9.17) is 9.72 Å². The number of sulfonamides is 1. The third-order valence-electron chi connectivity index (χ3n) is 5.79. The van der Waals surface area contributed by atoms with E-state index >= 15 is 0 Å². The number of hydrogen-bond donors (Lipinski definition) is 1. The van der Waals surface area contributed by atoms with Crippen LogP contribution in [-0.2, 0) is 38.9 Å². The zero-order chi connectivity index (χ0) is 25.2. The Morgan fingerprint density at radius 3 is 2.80 bits per heavy atom. The second-order valence-electron chi connectivity index (χ2n) is 8.39. The molecule has 0 fully saturated rings. The summed E-state index contributed by atoms with van der Waals surface area (Å²) in [4.78, 5) is 32.9. The quantitative estimate of drug-likeness (QED) is 0.331. The molecule has 1 aromatic carbocycles. The number of hydrogen-bond acceptors (Lipinski definition) is 8. The van der Waals surface area contributed by atoms with E-state index in [2.05, 4.69) is 5.32 Å². The topological polar surface area (TPSA) is 111 Å². The van der Waals surface area contributed by atoms with Gasteiger partial charge in [0.15, 0.2) is 5.16 Å². The Kier molecular flexibility index (Phi) is 7.96. The maximum absolute atomic E-state index is 13.4. The van der Waals surface area contributed by atoms with Gasteiger partial charge in [-0.05, 0) is 49.4 Å². The molecule has 35 heavy (non-hydrogen) atoms. The van der Waals surface area contributed by atoms with Crippen LogP contribution < -0.4 is 10.9 Å². The number of nitrogens with one attached hydrogen (secondary N) is 1. The van der Waals surface area contributed by atoms with Gasteiger partial charge in [0.05, 0.1) is 29.2 Å². The average Bonchev–Trinajstić information content (AvgIpc) is 3.21. The van der Waals surface area contributed by atoms with E-state index in [1.54, 1.807) is 35.1 Å². The molecule has 2 heterocycles. The van der Waals surface area contributed by atoms with Crippen molar-refractivity contribution < 1.29 is 17.9 Å². The Labute approximate surface area is 212 Å².